The monoisotopic (exact) mass is 608 g/mol. The number of benzene rings is 3. The fourth-order valence-corrected chi connectivity index (χ4v) is 5.70. The lowest BCUT2D eigenvalue weighted by atomic mass is 10.2. The van der Waals surface area contributed by atoms with Crippen molar-refractivity contribution in [2.45, 2.75) is 25.9 Å². The molecule has 43 heavy (non-hydrogen) atoms. The number of nitrogens with zero attached hydrogens (tertiary/aromatic N) is 6. The minimum Gasteiger partial charge on any atom is -0.486 e. The maximum absolute atomic E-state index is 13.3. The summed E-state index contributed by atoms with van der Waals surface area (Å²) in [5.74, 6) is 1.83. The Balaban J connectivity index is 0.000000197. The van der Waals surface area contributed by atoms with Gasteiger partial charge < -0.3 is 23.5 Å². The second-order valence-electron chi connectivity index (χ2n) is 10.7. The van der Waals surface area contributed by atoms with E-state index in [1.165, 1.54) is 30.0 Å². The number of anilines is 1. The second-order valence-corrected chi connectivity index (χ2v) is 11.1. The summed E-state index contributed by atoms with van der Waals surface area (Å²) in [7, 11) is 0. The normalized spacial score (nSPS) is 15.1. The van der Waals surface area contributed by atoms with Crippen LogP contribution in [0.5, 0.6) is 11.5 Å². The number of fused-ring (bicyclic) bond motifs is 3. The quantitative estimate of drug-likeness (QED) is 0.203. The first kappa shape index (κ1) is 29.2. The lowest BCUT2D eigenvalue weighted by molar-refractivity contribution is 0.171. The van der Waals surface area contributed by atoms with Crippen LogP contribution in [0.4, 0.5) is 14.5 Å². The van der Waals surface area contributed by atoms with Gasteiger partial charge in [0, 0.05) is 69.0 Å². The number of aromatic nitrogens is 4. The summed E-state index contributed by atoms with van der Waals surface area (Å²) in [6.45, 7) is 8.11. The van der Waals surface area contributed by atoms with Crippen LogP contribution in [0.3, 0.4) is 0 Å². The van der Waals surface area contributed by atoms with Gasteiger partial charge in [0.05, 0.1) is 34.7 Å². The van der Waals surface area contributed by atoms with E-state index < -0.39 is 0 Å². The minimum atomic E-state index is -0.250. The number of halogens is 3. The largest absolute Gasteiger partial charge is 0.486 e. The Bertz CT molecular complexity index is 1670. The first-order valence-electron chi connectivity index (χ1n) is 14.7. The van der Waals surface area contributed by atoms with Gasteiger partial charge in [-0.15, -0.1) is 11.6 Å². The van der Waals surface area contributed by atoms with Crippen molar-refractivity contribution in [3.05, 3.63) is 78.9 Å². The number of ether oxygens (including phenoxy) is 2. The number of hydrogen-bond acceptors (Lipinski definition) is 6. The molecule has 2 aliphatic rings. The van der Waals surface area contributed by atoms with Crippen LogP contribution in [0, 0.1) is 11.6 Å². The Hall–Kier alpha value is -3.89. The summed E-state index contributed by atoms with van der Waals surface area (Å²) >= 11 is 5.60. The molecule has 0 saturated carbocycles. The molecule has 3 aromatic carbocycles. The van der Waals surface area contributed by atoms with Crippen molar-refractivity contribution in [3.8, 4) is 11.5 Å². The topological polar surface area (TPSA) is 60.6 Å². The van der Waals surface area contributed by atoms with Crippen LogP contribution in [0.1, 0.15) is 12.8 Å². The molecule has 0 N–H and O–H groups in total. The standard InChI is InChI=1S/C22H25FN4O2.C10H10ClFN2/c23-17-2-4-20-19(14-17)24-16-27(20)7-1-6-25-8-10-26(11-9-25)18-3-5-21-22(15-18)29-13-12-28-21;11-4-1-5-14-7-13-9-6-8(12)2-3-10(9)14/h2-5,14-16H,1,6-13H2;2-3,6-7H,1,4-5H2. The van der Waals surface area contributed by atoms with Crippen LogP contribution in [-0.4, -0.2) is 75.8 Å². The summed E-state index contributed by atoms with van der Waals surface area (Å²) in [5.41, 5.74) is 4.56. The van der Waals surface area contributed by atoms with Gasteiger partial charge in [-0.1, -0.05) is 0 Å². The molecule has 7 rings (SSSR count). The highest BCUT2D eigenvalue weighted by atomic mass is 35.5. The van der Waals surface area contributed by atoms with Gasteiger partial charge in [0.25, 0.3) is 0 Å². The van der Waals surface area contributed by atoms with Crippen LogP contribution >= 0.6 is 11.6 Å². The molecule has 1 saturated heterocycles. The van der Waals surface area contributed by atoms with E-state index in [9.17, 15) is 8.78 Å². The van der Waals surface area contributed by atoms with Gasteiger partial charge in [0.15, 0.2) is 11.5 Å². The van der Waals surface area contributed by atoms with Crippen molar-refractivity contribution in [1.82, 2.24) is 24.0 Å². The second kappa shape index (κ2) is 13.6. The first-order valence-corrected chi connectivity index (χ1v) is 15.2. The number of aryl methyl sites for hydroxylation is 2. The van der Waals surface area contributed by atoms with E-state index >= 15 is 0 Å². The summed E-state index contributed by atoms with van der Waals surface area (Å²) in [4.78, 5) is 13.3. The van der Waals surface area contributed by atoms with Crippen molar-refractivity contribution in [3.63, 3.8) is 0 Å². The third-order valence-corrected chi connectivity index (χ3v) is 8.10. The fourth-order valence-electron chi connectivity index (χ4n) is 5.58. The number of rotatable bonds is 8. The van der Waals surface area contributed by atoms with Crippen molar-refractivity contribution in [2.75, 3.05) is 56.7 Å². The Morgan fingerprint density at radius 1 is 0.674 bits per heavy atom. The van der Waals surface area contributed by atoms with E-state index in [1.54, 1.807) is 12.4 Å². The number of hydrogen-bond donors (Lipinski definition) is 0. The molecule has 1 fully saturated rings. The number of piperazine rings is 1. The molecule has 4 heterocycles. The zero-order valence-corrected chi connectivity index (χ0v) is 24.7. The van der Waals surface area contributed by atoms with Gasteiger partial charge in [-0.3, -0.25) is 4.90 Å². The van der Waals surface area contributed by atoms with Crippen molar-refractivity contribution in [1.29, 1.82) is 0 Å². The molecule has 0 aliphatic carbocycles. The Morgan fingerprint density at radius 2 is 1.28 bits per heavy atom. The van der Waals surface area contributed by atoms with E-state index in [0.717, 1.165) is 86.7 Å². The molecule has 0 bridgehead atoms. The highest BCUT2D eigenvalue weighted by Gasteiger charge is 2.19. The maximum atomic E-state index is 13.3. The van der Waals surface area contributed by atoms with Crippen LogP contribution in [0.25, 0.3) is 22.1 Å². The van der Waals surface area contributed by atoms with Gasteiger partial charge in [-0.2, -0.15) is 0 Å². The van der Waals surface area contributed by atoms with Gasteiger partial charge in [0.2, 0.25) is 0 Å². The first-order chi connectivity index (χ1) is 21.1. The molecule has 2 aliphatic heterocycles. The van der Waals surface area contributed by atoms with E-state index in [-0.39, 0.29) is 11.6 Å². The molecule has 5 aromatic rings. The van der Waals surface area contributed by atoms with Crippen LogP contribution < -0.4 is 14.4 Å². The Kier molecular flexibility index (Phi) is 9.24. The van der Waals surface area contributed by atoms with Crippen LogP contribution in [-0.2, 0) is 13.1 Å². The molecular weight excluding hydrogens is 574 g/mol. The highest BCUT2D eigenvalue weighted by molar-refractivity contribution is 6.17. The van der Waals surface area contributed by atoms with Gasteiger partial charge in [-0.25, -0.2) is 18.7 Å². The molecule has 0 radical (unpaired) electrons. The molecule has 0 amide bonds. The van der Waals surface area contributed by atoms with E-state index in [0.29, 0.717) is 24.6 Å². The molecular formula is C32H35ClF2N6O2. The minimum absolute atomic E-state index is 0.237. The lowest BCUT2D eigenvalue weighted by Crippen LogP contribution is -2.46. The van der Waals surface area contributed by atoms with Gasteiger partial charge in [0.1, 0.15) is 24.8 Å². The maximum Gasteiger partial charge on any atom is 0.163 e. The van der Waals surface area contributed by atoms with E-state index in [2.05, 4.69) is 36.5 Å². The molecule has 2 aromatic heterocycles. The molecule has 226 valence electrons. The molecule has 0 atom stereocenters. The molecule has 0 unspecified atom stereocenters. The van der Waals surface area contributed by atoms with E-state index in [1.807, 2.05) is 23.0 Å². The fraction of sp³-hybridized carbons (Fsp3) is 0.375. The summed E-state index contributed by atoms with van der Waals surface area (Å²) in [6.07, 6.45) is 5.47. The molecule has 0 spiro atoms. The van der Waals surface area contributed by atoms with E-state index in [4.69, 9.17) is 21.1 Å². The average Bonchev–Trinajstić information content (AvgIpc) is 3.63. The predicted octanol–water partition coefficient (Wildman–Crippen LogP) is 5.96. The number of alkyl halides is 1. The van der Waals surface area contributed by atoms with Crippen molar-refractivity contribution in [2.24, 2.45) is 0 Å². The van der Waals surface area contributed by atoms with Crippen molar-refractivity contribution >= 4 is 39.4 Å². The van der Waals surface area contributed by atoms with Gasteiger partial charge >= 0.3 is 0 Å². The van der Waals surface area contributed by atoms with Crippen LogP contribution in [0.2, 0.25) is 0 Å². The van der Waals surface area contributed by atoms with Gasteiger partial charge in [-0.05, 0) is 55.8 Å². The lowest BCUT2D eigenvalue weighted by Gasteiger charge is -2.36. The summed E-state index contributed by atoms with van der Waals surface area (Å²) in [5, 5.41) is 0. The smallest absolute Gasteiger partial charge is 0.163 e. The summed E-state index contributed by atoms with van der Waals surface area (Å²) < 4.78 is 41.6. The third kappa shape index (κ3) is 7.02. The third-order valence-electron chi connectivity index (χ3n) is 7.84. The van der Waals surface area contributed by atoms with Crippen LogP contribution in [0.15, 0.2) is 67.3 Å². The zero-order chi connectivity index (χ0) is 29.6. The predicted molar refractivity (Wildman–Crippen MR) is 165 cm³/mol. The molecule has 8 nitrogen and oxygen atoms in total. The SMILES string of the molecule is Fc1ccc2c(c1)ncn2CCCCl.Fc1ccc2c(c1)ncn2CCCN1CCN(c2ccc3c(c2)OCCO3)CC1. The zero-order valence-electron chi connectivity index (χ0n) is 24.0. The van der Waals surface area contributed by atoms with Crippen molar-refractivity contribution < 1.29 is 18.3 Å². The summed E-state index contributed by atoms with van der Waals surface area (Å²) in [6, 6.07) is 15.6. The molecule has 11 heteroatoms. The Morgan fingerprint density at radius 3 is 1.91 bits per heavy atom. The highest BCUT2D eigenvalue weighted by Crippen LogP contribution is 2.34. The number of imidazole rings is 2. The Labute approximate surface area is 254 Å². The average molecular weight is 609 g/mol.